The molecule has 0 spiro atoms. The van der Waals surface area contributed by atoms with Crippen molar-refractivity contribution in [1.29, 1.82) is 0 Å². The van der Waals surface area contributed by atoms with Crippen LogP contribution in [0.4, 0.5) is 0 Å². The highest BCUT2D eigenvalue weighted by Crippen LogP contribution is 2.36. The molecule has 0 atom stereocenters. The molecule has 0 radical (unpaired) electrons. The van der Waals surface area contributed by atoms with Crippen LogP contribution in [0.5, 0.6) is 11.5 Å². The number of H-pyrrole nitrogens is 2. The molecular formula is C23H24N2O3. The van der Waals surface area contributed by atoms with Gasteiger partial charge in [-0.3, -0.25) is 0 Å². The van der Waals surface area contributed by atoms with Crippen LogP contribution in [0.1, 0.15) is 42.5 Å². The number of nitrogens with one attached hydrogen (secondary N) is 2. The molecule has 1 aromatic heterocycles. The highest BCUT2D eigenvalue weighted by molar-refractivity contribution is 5.91. The number of ether oxygens (including phenoxy) is 2. The first-order chi connectivity index (χ1) is 13.7. The summed E-state index contributed by atoms with van der Waals surface area (Å²) in [7, 11) is 1.66. The fraction of sp³-hybridized carbons (Fsp3) is 0.261. The van der Waals surface area contributed by atoms with Crippen molar-refractivity contribution < 1.29 is 9.47 Å². The minimum Gasteiger partial charge on any atom is -0.493 e. The topological polar surface area (TPSA) is 67.1 Å². The Hall–Kier alpha value is -3.21. The maximum atomic E-state index is 11.5. The number of hydrogen-bond donors (Lipinski definition) is 2. The third-order valence-electron chi connectivity index (χ3n) is 5.07. The average Bonchev–Trinajstić information content (AvgIpc) is 3.38. The number of imidazole rings is 1. The fourth-order valence-electron chi connectivity index (χ4n) is 3.65. The molecule has 5 heteroatoms. The molecule has 4 rings (SSSR count). The van der Waals surface area contributed by atoms with Crippen LogP contribution in [0.25, 0.3) is 11.6 Å². The Morgan fingerprint density at radius 2 is 1.82 bits per heavy atom. The summed E-state index contributed by atoms with van der Waals surface area (Å²) in [6.45, 7) is 0. The van der Waals surface area contributed by atoms with Crippen LogP contribution in [0, 0.1) is 0 Å². The van der Waals surface area contributed by atoms with E-state index < -0.39 is 0 Å². The van der Waals surface area contributed by atoms with E-state index in [9.17, 15) is 4.79 Å². The van der Waals surface area contributed by atoms with Crippen LogP contribution < -0.4 is 15.2 Å². The lowest BCUT2D eigenvalue weighted by Gasteiger charge is -2.18. The maximum absolute atomic E-state index is 11.5. The molecule has 0 unspecified atom stereocenters. The van der Waals surface area contributed by atoms with Gasteiger partial charge in [0.25, 0.3) is 0 Å². The van der Waals surface area contributed by atoms with E-state index in [1.807, 2.05) is 42.5 Å². The van der Waals surface area contributed by atoms with Gasteiger partial charge in [-0.2, -0.15) is 0 Å². The SMILES string of the molecule is COc1ccc(C(=Cc2c[nH]c(=O)[nH]2)c2ccccc2)cc1OC1CCCC1. The normalized spacial score (nSPS) is 15.0. The van der Waals surface area contributed by atoms with E-state index >= 15 is 0 Å². The summed E-state index contributed by atoms with van der Waals surface area (Å²) in [6, 6.07) is 16.1. The van der Waals surface area contributed by atoms with Gasteiger partial charge in [0, 0.05) is 6.20 Å². The molecule has 28 heavy (non-hydrogen) atoms. The quantitative estimate of drug-likeness (QED) is 0.659. The molecule has 0 aliphatic heterocycles. The molecule has 2 N–H and O–H groups in total. The number of methoxy groups -OCH3 is 1. The monoisotopic (exact) mass is 376 g/mol. The third kappa shape index (κ3) is 4.03. The summed E-state index contributed by atoms with van der Waals surface area (Å²) in [6.07, 6.45) is 8.47. The van der Waals surface area contributed by atoms with Gasteiger partial charge >= 0.3 is 5.69 Å². The highest BCUT2D eigenvalue weighted by Gasteiger charge is 2.19. The van der Waals surface area contributed by atoms with Crippen LogP contribution in [-0.4, -0.2) is 23.2 Å². The molecule has 1 saturated carbocycles. The van der Waals surface area contributed by atoms with E-state index in [0.29, 0.717) is 0 Å². The number of rotatable bonds is 6. The predicted octanol–water partition coefficient (Wildman–Crippen LogP) is 4.62. The van der Waals surface area contributed by atoms with Crippen molar-refractivity contribution in [2.75, 3.05) is 7.11 Å². The summed E-state index contributed by atoms with van der Waals surface area (Å²) in [5.41, 5.74) is 3.55. The first kappa shape index (κ1) is 18.2. The van der Waals surface area contributed by atoms with Crippen molar-refractivity contribution in [1.82, 2.24) is 9.97 Å². The molecule has 0 amide bonds. The summed E-state index contributed by atoms with van der Waals surface area (Å²) in [4.78, 5) is 17.0. The van der Waals surface area contributed by atoms with Gasteiger partial charge in [0.05, 0.1) is 18.9 Å². The van der Waals surface area contributed by atoms with Gasteiger partial charge in [-0.25, -0.2) is 4.79 Å². The number of aromatic nitrogens is 2. The average molecular weight is 376 g/mol. The lowest BCUT2D eigenvalue weighted by atomic mass is 9.96. The van der Waals surface area contributed by atoms with Gasteiger partial charge in [-0.15, -0.1) is 0 Å². The van der Waals surface area contributed by atoms with Crippen LogP contribution >= 0.6 is 0 Å². The second-order valence-corrected chi connectivity index (χ2v) is 7.01. The van der Waals surface area contributed by atoms with Crippen LogP contribution in [0.3, 0.4) is 0 Å². The van der Waals surface area contributed by atoms with Crippen molar-refractivity contribution >= 4 is 11.6 Å². The zero-order chi connectivity index (χ0) is 19.3. The molecule has 1 aliphatic carbocycles. The molecule has 1 heterocycles. The van der Waals surface area contributed by atoms with Crippen LogP contribution in [0.2, 0.25) is 0 Å². The number of benzene rings is 2. The highest BCUT2D eigenvalue weighted by atomic mass is 16.5. The third-order valence-corrected chi connectivity index (χ3v) is 5.07. The molecule has 2 aromatic carbocycles. The second-order valence-electron chi connectivity index (χ2n) is 7.01. The lowest BCUT2D eigenvalue weighted by molar-refractivity contribution is 0.201. The number of hydrogen-bond acceptors (Lipinski definition) is 3. The van der Waals surface area contributed by atoms with Crippen molar-refractivity contribution in [3.05, 3.63) is 82.0 Å². The zero-order valence-electron chi connectivity index (χ0n) is 15.9. The van der Waals surface area contributed by atoms with Crippen LogP contribution in [0.15, 0.2) is 59.5 Å². The first-order valence-electron chi connectivity index (χ1n) is 9.63. The molecule has 0 saturated heterocycles. The van der Waals surface area contributed by atoms with E-state index in [2.05, 4.69) is 22.1 Å². The van der Waals surface area contributed by atoms with E-state index in [1.165, 1.54) is 12.8 Å². The molecular weight excluding hydrogens is 352 g/mol. The van der Waals surface area contributed by atoms with Crippen LogP contribution in [-0.2, 0) is 0 Å². The van der Waals surface area contributed by atoms with Gasteiger partial charge in [-0.05, 0) is 60.6 Å². The Morgan fingerprint density at radius 3 is 2.50 bits per heavy atom. The molecule has 3 aromatic rings. The van der Waals surface area contributed by atoms with E-state index in [1.54, 1.807) is 13.3 Å². The van der Waals surface area contributed by atoms with Gasteiger partial charge in [0.15, 0.2) is 11.5 Å². The summed E-state index contributed by atoms with van der Waals surface area (Å²) in [5, 5.41) is 0. The van der Waals surface area contributed by atoms with Gasteiger partial charge in [0.2, 0.25) is 0 Å². The van der Waals surface area contributed by atoms with E-state index in [4.69, 9.17) is 9.47 Å². The van der Waals surface area contributed by atoms with E-state index in [0.717, 1.165) is 46.7 Å². The lowest BCUT2D eigenvalue weighted by Crippen LogP contribution is -2.11. The molecule has 5 nitrogen and oxygen atoms in total. The Labute approximate surface area is 164 Å². The van der Waals surface area contributed by atoms with Gasteiger partial charge in [0.1, 0.15) is 0 Å². The molecule has 1 fully saturated rings. The largest absolute Gasteiger partial charge is 0.493 e. The molecule has 0 bridgehead atoms. The first-order valence-corrected chi connectivity index (χ1v) is 9.63. The molecule has 144 valence electrons. The van der Waals surface area contributed by atoms with Gasteiger partial charge < -0.3 is 19.4 Å². The minimum atomic E-state index is -0.223. The maximum Gasteiger partial charge on any atom is 0.323 e. The Bertz CT molecular complexity index is 1010. The minimum absolute atomic E-state index is 0.223. The Morgan fingerprint density at radius 1 is 1.04 bits per heavy atom. The molecule has 1 aliphatic rings. The summed E-state index contributed by atoms with van der Waals surface area (Å²) in [5.74, 6) is 1.49. The van der Waals surface area contributed by atoms with Crippen molar-refractivity contribution in [2.24, 2.45) is 0 Å². The number of aromatic amines is 2. The standard InChI is InChI=1S/C23H24N2O3/c1-27-21-12-11-17(13-22(21)28-19-9-5-6-10-19)20(16-7-3-2-4-8-16)14-18-15-24-23(26)25-18/h2-4,7-8,11-15,19H,5-6,9-10H2,1H3,(H2,24,25,26). The predicted molar refractivity (Wildman–Crippen MR) is 111 cm³/mol. The second kappa shape index (κ2) is 8.21. The zero-order valence-corrected chi connectivity index (χ0v) is 15.9. The van der Waals surface area contributed by atoms with E-state index in [-0.39, 0.29) is 11.8 Å². The fourth-order valence-corrected chi connectivity index (χ4v) is 3.65. The summed E-state index contributed by atoms with van der Waals surface area (Å²) < 4.78 is 11.8. The summed E-state index contributed by atoms with van der Waals surface area (Å²) >= 11 is 0. The Balaban J connectivity index is 1.77. The van der Waals surface area contributed by atoms with Gasteiger partial charge in [-0.1, -0.05) is 36.4 Å². The Kier molecular flexibility index (Phi) is 5.33. The smallest absolute Gasteiger partial charge is 0.323 e. The van der Waals surface area contributed by atoms with Crippen molar-refractivity contribution in [3.8, 4) is 11.5 Å². The van der Waals surface area contributed by atoms with Crippen molar-refractivity contribution in [3.63, 3.8) is 0 Å². The van der Waals surface area contributed by atoms with Crippen molar-refractivity contribution in [2.45, 2.75) is 31.8 Å².